The molecule has 2 aliphatic carbocycles. The Morgan fingerprint density at radius 1 is 0.917 bits per heavy atom. The number of rotatable bonds is 3. The minimum absolute atomic E-state index is 0.0000464. The van der Waals surface area contributed by atoms with Gasteiger partial charge in [0.15, 0.2) is 0 Å². The quantitative estimate of drug-likeness (QED) is 0.667. The van der Waals surface area contributed by atoms with Crippen molar-refractivity contribution in [2.24, 2.45) is 11.8 Å². The number of halogens is 1. The van der Waals surface area contributed by atoms with Gasteiger partial charge in [-0.25, -0.2) is 8.42 Å². The van der Waals surface area contributed by atoms with Gasteiger partial charge in [0.05, 0.1) is 9.80 Å². The molecule has 4 rings (SSSR count). The Balaban J connectivity index is 1.89. The first-order valence-electron chi connectivity index (χ1n) is 7.97. The van der Waals surface area contributed by atoms with E-state index >= 15 is 0 Å². The van der Waals surface area contributed by atoms with Gasteiger partial charge in [0.25, 0.3) is 0 Å². The molecular weight excluding hydrogens is 384 g/mol. The highest BCUT2D eigenvalue weighted by Crippen LogP contribution is 2.51. The lowest BCUT2D eigenvalue weighted by atomic mass is 9.95. The van der Waals surface area contributed by atoms with Crippen molar-refractivity contribution in [2.75, 3.05) is 0 Å². The zero-order chi connectivity index (χ0) is 16.9. The highest BCUT2D eigenvalue weighted by molar-refractivity contribution is 9.10. The van der Waals surface area contributed by atoms with Crippen LogP contribution in [0.5, 0.6) is 0 Å². The van der Waals surface area contributed by atoms with Crippen LogP contribution in [0.15, 0.2) is 75.0 Å². The second-order valence-corrected chi connectivity index (χ2v) is 9.27. The number of allylic oxidation sites excluding steroid dienone is 4. The largest absolute Gasteiger partial charge is 0.219 e. The van der Waals surface area contributed by atoms with E-state index in [1.54, 1.807) is 12.1 Å². The van der Waals surface area contributed by atoms with Gasteiger partial charge < -0.3 is 0 Å². The van der Waals surface area contributed by atoms with E-state index < -0.39 is 9.84 Å². The molecule has 0 amide bonds. The molecule has 2 nitrogen and oxygen atoms in total. The van der Waals surface area contributed by atoms with Gasteiger partial charge in [-0.2, -0.15) is 0 Å². The third-order valence-corrected chi connectivity index (χ3v) is 7.36. The normalized spacial score (nSPS) is 22.4. The number of fused-ring (bicyclic) bond motifs is 2. The predicted molar refractivity (Wildman–Crippen MR) is 100 cm³/mol. The smallest absolute Gasteiger partial charge is 0.203 e. The summed E-state index contributed by atoms with van der Waals surface area (Å²) >= 11 is 3.44. The van der Waals surface area contributed by atoms with E-state index in [0.717, 1.165) is 27.6 Å². The van der Waals surface area contributed by atoms with E-state index in [0.29, 0.717) is 9.80 Å². The fourth-order valence-electron chi connectivity index (χ4n) is 3.66. The maximum atomic E-state index is 13.3. The zero-order valence-corrected chi connectivity index (χ0v) is 15.6. The van der Waals surface area contributed by atoms with Crippen molar-refractivity contribution in [3.05, 3.63) is 81.2 Å². The monoisotopic (exact) mass is 400 g/mol. The summed E-state index contributed by atoms with van der Waals surface area (Å²) in [6.45, 7) is 1.96. The number of hydrogen-bond acceptors (Lipinski definition) is 2. The first-order chi connectivity index (χ1) is 11.5. The van der Waals surface area contributed by atoms with Gasteiger partial charge in [-0.3, -0.25) is 0 Å². The van der Waals surface area contributed by atoms with Crippen molar-refractivity contribution in [2.45, 2.75) is 18.2 Å². The summed E-state index contributed by atoms with van der Waals surface area (Å²) in [6, 6.07) is 15.1. The number of benzene rings is 2. The van der Waals surface area contributed by atoms with Crippen LogP contribution in [0.3, 0.4) is 0 Å². The minimum Gasteiger partial charge on any atom is -0.219 e. The molecule has 0 radical (unpaired) electrons. The predicted octanol–water partition coefficient (Wildman–Crippen LogP) is 5.15. The van der Waals surface area contributed by atoms with Crippen molar-refractivity contribution in [1.82, 2.24) is 0 Å². The average Bonchev–Trinajstić information content (AvgIpc) is 3.17. The molecule has 0 saturated heterocycles. The maximum absolute atomic E-state index is 13.3. The minimum atomic E-state index is -3.48. The Labute approximate surface area is 151 Å². The fourth-order valence-corrected chi connectivity index (χ4v) is 5.81. The molecule has 0 saturated carbocycles. The summed E-state index contributed by atoms with van der Waals surface area (Å²) in [5.74, 6) is 0.200. The van der Waals surface area contributed by atoms with Crippen LogP contribution in [0.4, 0.5) is 0 Å². The van der Waals surface area contributed by atoms with E-state index in [-0.39, 0.29) is 11.8 Å². The average molecular weight is 401 g/mol. The van der Waals surface area contributed by atoms with Gasteiger partial charge in [0.1, 0.15) is 0 Å². The molecule has 2 bridgehead atoms. The molecule has 0 fully saturated rings. The molecule has 0 aromatic heterocycles. The number of hydrogen-bond donors (Lipinski definition) is 0. The van der Waals surface area contributed by atoms with Gasteiger partial charge in [-0.15, -0.1) is 0 Å². The van der Waals surface area contributed by atoms with Crippen LogP contribution in [0, 0.1) is 18.8 Å². The molecule has 0 aliphatic heterocycles. The summed E-state index contributed by atoms with van der Waals surface area (Å²) in [4.78, 5) is 0.972. The van der Waals surface area contributed by atoms with E-state index in [2.05, 4.69) is 22.0 Å². The molecular formula is C20H17BrO2S. The molecule has 2 unspecified atom stereocenters. The Kier molecular flexibility index (Phi) is 3.77. The third-order valence-electron chi connectivity index (χ3n) is 4.83. The molecule has 24 heavy (non-hydrogen) atoms. The zero-order valence-electron chi connectivity index (χ0n) is 13.2. The van der Waals surface area contributed by atoms with Gasteiger partial charge >= 0.3 is 0 Å². The van der Waals surface area contributed by atoms with Crippen LogP contribution >= 0.6 is 15.9 Å². The van der Waals surface area contributed by atoms with E-state index in [1.165, 1.54) is 0 Å². The maximum Gasteiger partial charge on any atom is 0.203 e. The molecule has 4 heteroatoms. The Morgan fingerprint density at radius 3 is 2.21 bits per heavy atom. The molecule has 2 aromatic carbocycles. The SMILES string of the molecule is Cc1ccc(S(=O)(=O)C2=C(c3ccc(Br)cc3)C3C=CC2C3)cc1. The lowest BCUT2D eigenvalue weighted by molar-refractivity contribution is 0.596. The summed E-state index contributed by atoms with van der Waals surface area (Å²) in [6.07, 6.45) is 5.07. The van der Waals surface area contributed by atoms with Gasteiger partial charge in [-0.05, 0) is 48.7 Å². The number of aryl methyl sites for hydroxylation is 1. The van der Waals surface area contributed by atoms with Crippen LogP contribution in [-0.2, 0) is 9.84 Å². The molecule has 2 aromatic rings. The molecule has 0 N–H and O–H groups in total. The van der Waals surface area contributed by atoms with Gasteiger partial charge in [-0.1, -0.05) is 57.9 Å². The molecule has 0 spiro atoms. The molecule has 2 aliphatic rings. The Morgan fingerprint density at radius 2 is 1.54 bits per heavy atom. The summed E-state index contributed by atoms with van der Waals surface area (Å²) in [5.41, 5.74) is 3.03. The first kappa shape index (κ1) is 15.9. The van der Waals surface area contributed by atoms with Crippen molar-refractivity contribution >= 4 is 31.3 Å². The van der Waals surface area contributed by atoms with Crippen LogP contribution in [0.2, 0.25) is 0 Å². The third kappa shape index (κ3) is 2.49. The lowest BCUT2D eigenvalue weighted by Gasteiger charge is -2.17. The van der Waals surface area contributed by atoms with Crippen LogP contribution < -0.4 is 0 Å². The topological polar surface area (TPSA) is 34.1 Å². The standard InChI is InChI=1S/C20H17BrO2S/c1-13-2-10-18(11-3-13)24(22,23)20-16-5-4-15(12-16)19(20)14-6-8-17(21)9-7-14/h2-11,15-16H,12H2,1H3. The lowest BCUT2D eigenvalue weighted by Crippen LogP contribution is -2.11. The van der Waals surface area contributed by atoms with Crippen LogP contribution in [-0.4, -0.2) is 8.42 Å². The highest BCUT2D eigenvalue weighted by atomic mass is 79.9. The van der Waals surface area contributed by atoms with Crippen molar-refractivity contribution in [3.63, 3.8) is 0 Å². The summed E-state index contributed by atoms with van der Waals surface area (Å²) in [5, 5.41) is 0. The summed E-state index contributed by atoms with van der Waals surface area (Å²) in [7, 11) is -3.48. The Bertz CT molecular complexity index is 952. The Hall–Kier alpha value is -1.65. The second kappa shape index (κ2) is 5.71. The van der Waals surface area contributed by atoms with Gasteiger partial charge in [0.2, 0.25) is 9.84 Å². The number of sulfone groups is 1. The van der Waals surface area contributed by atoms with E-state index in [4.69, 9.17) is 0 Å². The van der Waals surface area contributed by atoms with Crippen molar-refractivity contribution < 1.29 is 8.42 Å². The van der Waals surface area contributed by atoms with Crippen LogP contribution in [0.1, 0.15) is 17.5 Å². The van der Waals surface area contributed by atoms with Crippen molar-refractivity contribution in [1.29, 1.82) is 0 Å². The second-order valence-electron chi connectivity index (χ2n) is 6.43. The molecule has 122 valence electrons. The molecule has 0 heterocycles. The summed E-state index contributed by atoms with van der Waals surface area (Å²) < 4.78 is 27.6. The molecule has 2 atom stereocenters. The van der Waals surface area contributed by atoms with E-state index in [9.17, 15) is 8.42 Å². The van der Waals surface area contributed by atoms with Gasteiger partial charge in [0, 0.05) is 16.3 Å². The van der Waals surface area contributed by atoms with Crippen LogP contribution in [0.25, 0.3) is 5.57 Å². The van der Waals surface area contributed by atoms with E-state index in [1.807, 2.05) is 49.4 Å². The van der Waals surface area contributed by atoms with Crippen molar-refractivity contribution in [3.8, 4) is 0 Å². The fraction of sp³-hybridized carbons (Fsp3) is 0.200. The highest BCUT2D eigenvalue weighted by Gasteiger charge is 2.42. The first-order valence-corrected chi connectivity index (χ1v) is 10.2.